The predicted molar refractivity (Wildman–Crippen MR) is 79.3 cm³/mol. The third-order valence-electron chi connectivity index (χ3n) is 2.63. The summed E-state index contributed by atoms with van der Waals surface area (Å²) in [5.41, 5.74) is 2.89. The van der Waals surface area contributed by atoms with Crippen molar-refractivity contribution in [2.24, 2.45) is 0 Å². The van der Waals surface area contributed by atoms with Gasteiger partial charge in [-0.25, -0.2) is 0 Å². The minimum absolute atomic E-state index is 0.297. The molecule has 2 rings (SSSR count). The van der Waals surface area contributed by atoms with Crippen LogP contribution in [0.1, 0.15) is 11.1 Å². The van der Waals surface area contributed by atoms with Crippen molar-refractivity contribution in [1.29, 1.82) is 0 Å². The van der Waals surface area contributed by atoms with Gasteiger partial charge in [0.05, 0.1) is 5.69 Å². The van der Waals surface area contributed by atoms with Gasteiger partial charge in [0.1, 0.15) is 5.75 Å². The van der Waals surface area contributed by atoms with Gasteiger partial charge in [-0.2, -0.15) is 0 Å². The van der Waals surface area contributed by atoms with Gasteiger partial charge in [0.25, 0.3) is 0 Å². The Bertz CT molecular complexity index is 520. The van der Waals surface area contributed by atoms with Crippen molar-refractivity contribution in [3.05, 3.63) is 57.0 Å². The molecule has 0 spiro atoms. The molecule has 0 radical (unpaired) electrons. The molecule has 0 aromatic heterocycles. The molecule has 94 valence electrons. The van der Waals surface area contributed by atoms with E-state index >= 15 is 0 Å². The molecule has 0 heterocycles. The molecule has 2 nitrogen and oxygen atoms in total. The predicted octanol–water partition coefficient (Wildman–Crippen LogP) is 4.73. The van der Waals surface area contributed by atoms with Crippen molar-refractivity contribution >= 4 is 33.2 Å². The highest BCUT2D eigenvalue weighted by molar-refractivity contribution is 9.10. The molecule has 0 atom stereocenters. The van der Waals surface area contributed by atoms with Crippen molar-refractivity contribution in [3.8, 4) is 5.75 Å². The van der Waals surface area contributed by atoms with Crippen LogP contribution in [0.15, 0.2) is 40.9 Å². The fourth-order valence-electron chi connectivity index (χ4n) is 1.68. The van der Waals surface area contributed by atoms with Gasteiger partial charge in [-0.05, 0) is 47.1 Å². The van der Waals surface area contributed by atoms with Crippen LogP contribution < -0.4 is 5.32 Å². The summed E-state index contributed by atoms with van der Waals surface area (Å²) in [4.78, 5) is 0. The smallest absolute Gasteiger partial charge is 0.120 e. The van der Waals surface area contributed by atoms with E-state index in [1.807, 2.05) is 37.3 Å². The number of hydrogen-bond acceptors (Lipinski definition) is 2. The zero-order chi connectivity index (χ0) is 13.1. The molecular formula is C14H13BrClNO. The average molecular weight is 327 g/mol. The molecule has 0 bridgehead atoms. The first kappa shape index (κ1) is 13.2. The second-order valence-corrected chi connectivity index (χ2v) is 5.40. The Labute approximate surface area is 120 Å². The highest BCUT2D eigenvalue weighted by atomic mass is 79.9. The Kier molecular flexibility index (Phi) is 4.15. The normalized spacial score (nSPS) is 10.4. The standard InChI is InChI=1S/C14H13BrClNO/c1-9-2-5-14(18)10(6-9)8-17-13-7-11(16)3-4-12(13)15/h2-7,17-18H,8H2,1H3. The Morgan fingerprint density at radius 3 is 2.78 bits per heavy atom. The topological polar surface area (TPSA) is 32.3 Å². The lowest BCUT2D eigenvalue weighted by Crippen LogP contribution is -2.00. The number of phenolic OH excluding ortho intramolecular Hbond substituents is 1. The number of nitrogens with one attached hydrogen (secondary N) is 1. The third kappa shape index (κ3) is 3.18. The van der Waals surface area contributed by atoms with Gasteiger partial charge in [0.2, 0.25) is 0 Å². The fourth-order valence-corrected chi connectivity index (χ4v) is 2.24. The number of aromatic hydroxyl groups is 1. The molecule has 0 unspecified atom stereocenters. The van der Waals surface area contributed by atoms with Crippen molar-refractivity contribution in [3.63, 3.8) is 0 Å². The third-order valence-corrected chi connectivity index (χ3v) is 3.56. The zero-order valence-electron chi connectivity index (χ0n) is 9.87. The van der Waals surface area contributed by atoms with Gasteiger partial charge in [-0.15, -0.1) is 0 Å². The highest BCUT2D eigenvalue weighted by Gasteiger charge is 2.04. The quantitative estimate of drug-likeness (QED) is 0.854. The maximum atomic E-state index is 9.76. The van der Waals surface area contributed by atoms with Crippen LogP contribution in [0.5, 0.6) is 5.75 Å². The van der Waals surface area contributed by atoms with Crippen LogP contribution in [0.25, 0.3) is 0 Å². The second kappa shape index (κ2) is 5.63. The number of benzene rings is 2. The van der Waals surface area contributed by atoms with Gasteiger partial charge in [-0.1, -0.05) is 29.3 Å². The molecule has 2 N–H and O–H groups in total. The Morgan fingerprint density at radius 1 is 1.22 bits per heavy atom. The summed E-state index contributed by atoms with van der Waals surface area (Å²) < 4.78 is 0.944. The number of anilines is 1. The first-order valence-electron chi connectivity index (χ1n) is 5.53. The molecule has 2 aromatic rings. The number of phenols is 1. The van der Waals surface area contributed by atoms with Crippen LogP contribution in [0.4, 0.5) is 5.69 Å². The zero-order valence-corrected chi connectivity index (χ0v) is 12.2. The maximum Gasteiger partial charge on any atom is 0.120 e. The molecule has 4 heteroatoms. The molecule has 0 saturated heterocycles. The van der Waals surface area contributed by atoms with Crippen molar-refractivity contribution in [1.82, 2.24) is 0 Å². The van der Waals surface area contributed by atoms with Gasteiger partial charge in [-0.3, -0.25) is 0 Å². The van der Waals surface area contributed by atoms with Crippen molar-refractivity contribution in [2.75, 3.05) is 5.32 Å². The first-order chi connectivity index (χ1) is 8.56. The monoisotopic (exact) mass is 325 g/mol. The van der Waals surface area contributed by atoms with E-state index in [9.17, 15) is 5.11 Å². The van der Waals surface area contributed by atoms with E-state index in [-0.39, 0.29) is 0 Å². The molecular weight excluding hydrogens is 314 g/mol. The van der Waals surface area contributed by atoms with Crippen LogP contribution in [0.3, 0.4) is 0 Å². The molecule has 0 amide bonds. The van der Waals surface area contributed by atoms with Crippen LogP contribution >= 0.6 is 27.5 Å². The summed E-state index contributed by atoms with van der Waals surface area (Å²) in [5.74, 6) is 0.297. The van der Waals surface area contributed by atoms with Gasteiger partial charge < -0.3 is 10.4 Å². The largest absolute Gasteiger partial charge is 0.508 e. The Balaban J connectivity index is 2.16. The minimum atomic E-state index is 0.297. The SMILES string of the molecule is Cc1ccc(O)c(CNc2cc(Cl)ccc2Br)c1. The molecule has 0 saturated carbocycles. The number of halogens is 2. The maximum absolute atomic E-state index is 9.76. The van der Waals surface area contributed by atoms with Crippen LogP contribution in [0.2, 0.25) is 5.02 Å². The van der Waals surface area contributed by atoms with Gasteiger partial charge in [0, 0.05) is 21.6 Å². The average Bonchev–Trinajstić information content (AvgIpc) is 2.34. The summed E-state index contributed by atoms with van der Waals surface area (Å²) >= 11 is 9.40. The highest BCUT2D eigenvalue weighted by Crippen LogP contribution is 2.27. The lowest BCUT2D eigenvalue weighted by Gasteiger charge is -2.11. The second-order valence-electron chi connectivity index (χ2n) is 4.11. The molecule has 2 aromatic carbocycles. The van der Waals surface area contributed by atoms with Crippen molar-refractivity contribution in [2.45, 2.75) is 13.5 Å². The van der Waals surface area contributed by atoms with E-state index in [2.05, 4.69) is 21.2 Å². The summed E-state index contributed by atoms with van der Waals surface area (Å²) in [7, 11) is 0. The number of aryl methyl sites for hydroxylation is 1. The molecule has 0 aliphatic rings. The van der Waals surface area contributed by atoms with Crippen LogP contribution in [0, 0.1) is 6.92 Å². The summed E-state index contributed by atoms with van der Waals surface area (Å²) in [6, 6.07) is 11.1. The Hall–Kier alpha value is -1.19. The van der Waals surface area contributed by atoms with Crippen molar-refractivity contribution < 1.29 is 5.11 Å². The molecule has 0 aliphatic carbocycles. The summed E-state index contributed by atoms with van der Waals surface area (Å²) in [6.07, 6.45) is 0. The van der Waals surface area contributed by atoms with E-state index in [1.165, 1.54) is 0 Å². The first-order valence-corrected chi connectivity index (χ1v) is 6.71. The van der Waals surface area contributed by atoms with E-state index in [0.29, 0.717) is 17.3 Å². The molecule has 0 aliphatic heterocycles. The van der Waals surface area contributed by atoms with E-state index < -0.39 is 0 Å². The van der Waals surface area contributed by atoms with Crippen LogP contribution in [-0.4, -0.2) is 5.11 Å². The summed E-state index contributed by atoms with van der Waals surface area (Å²) in [5, 5.41) is 13.7. The molecule has 18 heavy (non-hydrogen) atoms. The van der Waals surface area contributed by atoms with E-state index in [4.69, 9.17) is 11.6 Å². The van der Waals surface area contributed by atoms with Gasteiger partial charge >= 0.3 is 0 Å². The Morgan fingerprint density at radius 2 is 2.00 bits per heavy atom. The minimum Gasteiger partial charge on any atom is -0.508 e. The van der Waals surface area contributed by atoms with E-state index in [1.54, 1.807) is 6.07 Å². The lowest BCUT2D eigenvalue weighted by atomic mass is 10.1. The van der Waals surface area contributed by atoms with Gasteiger partial charge in [0.15, 0.2) is 0 Å². The molecule has 0 fully saturated rings. The number of hydrogen-bond donors (Lipinski definition) is 2. The van der Waals surface area contributed by atoms with E-state index in [0.717, 1.165) is 21.3 Å². The lowest BCUT2D eigenvalue weighted by molar-refractivity contribution is 0.469. The summed E-state index contributed by atoms with van der Waals surface area (Å²) in [6.45, 7) is 2.55. The number of rotatable bonds is 3. The fraction of sp³-hybridized carbons (Fsp3) is 0.143. The van der Waals surface area contributed by atoms with Crippen LogP contribution in [-0.2, 0) is 6.54 Å².